The summed E-state index contributed by atoms with van der Waals surface area (Å²) in [4.78, 5) is 15.3. The molecule has 0 aliphatic carbocycles. The summed E-state index contributed by atoms with van der Waals surface area (Å²) in [6.45, 7) is 3.52. The van der Waals surface area contributed by atoms with Crippen molar-refractivity contribution < 1.29 is 22.7 Å². The van der Waals surface area contributed by atoms with Crippen LogP contribution in [0, 0.1) is 0 Å². The first-order chi connectivity index (χ1) is 14.9. The van der Waals surface area contributed by atoms with E-state index in [-0.39, 0.29) is 5.91 Å². The number of piperidine rings is 2. The van der Waals surface area contributed by atoms with E-state index in [2.05, 4.69) is 0 Å². The zero-order chi connectivity index (χ0) is 21.6. The van der Waals surface area contributed by atoms with E-state index in [9.17, 15) is 13.2 Å². The molecule has 8 nitrogen and oxygen atoms in total. The lowest BCUT2D eigenvalue weighted by atomic mass is 10.0. The third-order valence-corrected chi connectivity index (χ3v) is 8.71. The molecule has 0 bridgehead atoms. The monoisotopic (exact) mass is 447 g/mol. The van der Waals surface area contributed by atoms with Crippen LogP contribution in [0.4, 0.5) is 0 Å². The van der Waals surface area contributed by atoms with Crippen LogP contribution in [-0.2, 0) is 26.5 Å². The van der Waals surface area contributed by atoms with Crippen molar-refractivity contribution in [2.75, 3.05) is 39.4 Å². The van der Waals surface area contributed by atoms with E-state index < -0.39 is 15.8 Å². The lowest BCUT2D eigenvalue weighted by Gasteiger charge is -2.37. The first kappa shape index (κ1) is 20.9. The Bertz CT molecular complexity index is 1090. The van der Waals surface area contributed by atoms with Gasteiger partial charge in [0.05, 0.1) is 18.1 Å². The van der Waals surface area contributed by atoms with Crippen molar-refractivity contribution in [2.45, 2.75) is 42.8 Å². The van der Waals surface area contributed by atoms with Gasteiger partial charge in [-0.25, -0.2) is 8.42 Å². The Morgan fingerprint density at radius 1 is 0.968 bits per heavy atom. The Hall–Kier alpha value is -1.94. The Kier molecular flexibility index (Phi) is 5.32. The molecule has 3 aliphatic heterocycles. The molecule has 1 aromatic carbocycles. The Morgan fingerprint density at radius 3 is 2.32 bits per heavy atom. The fourth-order valence-corrected chi connectivity index (χ4v) is 6.50. The summed E-state index contributed by atoms with van der Waals surface area (Å²) >= 11 is 0. The zero-order valence-electron chi connectivity index (χ0n) is 17.9. The maximum Gasteiger partial charge on any atom is 0.270 e. The molecule has 0 unspecified atom stereocenters. The molecule has 0 atom stereocenters. The van der Waals surface area contributed by atoms with Gasteiger partial charge in [0.25, 0.3) is 5.91 Å². The fourth-order valence-electron chi connectivity index (χ4n) is 4.95. The van der Waals surface area contributed by atoms with E-state index in [0.29, 0.717) is 62.8 Å². The highest BCUT2D eigenvalue weighted by molar-refractivity contribution is 7.89. The number of nitrogens with zero attached hydrogens (tertiary/aromatic N) is 3. The number of hydrogen-bond donors (Lipinski definition) is 0. The minimum Gasteiger partial charge on any atom is -0.347 e. The summed E-state index contributed by atoms with van der Waals surface area (Å²) in [5, 5.41) is 0.764. The standard InChI is InChI=1S/C22H29N3O5S/c1-23-19-6-5-18(31(27,28)25-9-3-2-4-10-25)15-17(19)16-20(23)21(26)24-11-7-22(8-12-24)29-13-14-30-22/h5-6,15-16H,2-4,7-14H2,1H3. The molecule has 31 heavy (non-hydrogen) atoms. The fraction of sp³-hybridized carbons (Fsp3) is 0.591. The molecule has 3 aliphatic rings. The van der Waals surface area contributed by atoms with Crippen molar-refractivity contribution in [3.05, 3.63) is 30.0 Å². The Morgan fingerprint density at radius 2 is 1.65 bits per heavy atom. The lowest BCUT2D eigenvalue weighted by molar-refractivity contribution is -0.181. The molecule has 4 heterocycles. The molecule has 2 aromatic rings. The van der Waals surface area contributed by atoms with Gasteiger partial charge in [-0.1, -0.05) is 6.42 Å². The van der Waals surface area contributed by atoms with E-state index >= 15 is 0 Å². The van der Waals surface area contributed by atoms with Crippen LogP contribution in [0.3, 0.4) is 0 Å². The molecule has 168 valence electrons. The van der Waals surface area contributed by atoms with Crippen LogP contribution in [0.5, 0.6) is 0 Å². The molecule has 9 heteroatoms. The Labute approximate surface area is 182 Å². The van der Waals surface area contributed by atoms with Gasteiger partial charge >= 0.3 is 0 Å². The quantitative estimate of drug-likeness (QED) is 0.721. The molecule has 1 amide bonds. The second-order valence-electron chi connectivity index (χ2n) is 8.67. The molecule has 5 rings (SSSR count). The normalized spacial score (nSPS) is 22.4. The molecule has 0 N–H and O–H groups in total. The molecule has 3 saturated heterocycles. The van der Waals surface area contributed by atoms with Crippen molar-refractivity contribution in [2.24, 2.45) is 7.05 Å². The maximum atomic E-state index is 13.2. The average molecular weight is 448 g/mol. The topological polar surface area (TPSA) is 81.1 Å². The first-order valence-electron chi connectivity index (χ1n) is 11.1. The van der Waals surface area contributed by atoms with Gasteiger partial charge in [-0.3, -0.25) is 4.79 Å². The number of carbonyl (C=O) groups excluding carboxylic acids is 1. The number of hydrogen-bond acceptors (Lipinski definition) is 5. The number of likely N-dealkylation sites (tertiary alicyclic amines) is 1. The zero-order valence-corrected chi connectivity index (χ0v) is 18.7. The molecule has 3 fully saturated rings. The van der Waals surface area contributed by atoms with Gasteiger partial charge in [0.2, 0.25) is 10.0 Å². The van der Waals surface area contributed by atoms with Crippen molar-refractivity contribution in [1.29, 1.82) is 0 Å². The minimum atomic E-state index is -3.51. The van der Waals surface area contributed by atoms with Gasteiger partial charge in [0.15, 0.2) is 5.79 Å². The van der Waals surface area contributed by atoms with Crippen LogP contribution < -0.4 is 0 Å². The molecule has 1 spiro atoms. The van der Waals surface area contributed by atoms with Gasteiger partial charge < -0.3 is 18.9 Å². The number of benzene rings is 1. The van der Waals surface area contributed by atoms with Crippen molar-refractivity contribution >= 4 is 26.8 Å². The highest BCUT2D eigenvalue weighted by Gasteiger charge is 2.41. The van der Waals surface area contributed by atoms with E-state index in [4.69, 9.17) is 9.47 Å². The minimum absolute atomic E-state index is 0.0491. The number of amides is 1. The third kappa shape index (κ3) is 3.67. The van der Waals surface area contributed by atoms with Gasteiger partial charge in [0.1, 0.15) is 5.69 Å². The molecule has 0 saturated carbocycles. The summed E-state index contributed by atoms with van der Waals surface area (Å²) in [5.74, 6) is -0.570. The van der Waals surface area contributed by atoms with Gasteiger partial charge in [0, 0.05) is 57.0 Å². The maximum absolute atomic E-state index is 13.2. The van der Waals surface area contributed by atoms with Crippen LogP contribution in [-0.4, -0.2) is 73.3 Å². The number of rotatable bonds is 3. The van der Waals surface area contributed by atoms with Gasteiger partial charge in [-0.15, -0.1) is 0 Å². The lowest BCUT2D eigenvalue weighted by Crippen LogP contribution is -2.47. The number of ether oxygens (including phenoxy) is 2. The molecule has 1 aromatic heterocycles. The highest BCUT2D eigenvalue weighted by atomic mass is 32.2. The van der Waals surface area contributed by atoms with Crippen molar-refractivity contribution in [1.82, 2.24) is 13.8 Å². The van der Waals surface area contributed by atoms with Crippen molar-refractivity contribution in [3.63, 3.8) is 0 Å². The second kappa shape index (κ2) is 7.88. The summed E-state index contributed by atoms with van der Waals surface area (Å²) in [7, 11) is -1.66. The van der Waals surface area contributed by atoms with Gasteiger partial charge in [-0.05, 0) is 37.1 Å². The summed E-state index contributed by atoms with van der Waals surface area (Å²) in [6.07, 6.45) is 4.21. The SMILES string of the molecule is Cn1c(C(=O)N2CCC3(CC2)OCCO3)cc2cc(S(=O)(=O)N3CCCCC3)ccc21. The largest absolute Gasteiger partial charge is 0.347 e. The van der Waals surface area contributed by atoms with Crippen molar-refractivity contribution in [3.8, 4) is 0 Å². The third-order valence-electron chi connectivity index (χ3n) is 6.81. The first-order valence-corrected chi connectivity index (χ1v) is 12.5. The average Bonchev–Trinajstić information content (AvgIpc) is 3.38. The number of fused-ring (bicyclic) bond motifs is 1. The Balaban J connectivity index is 1.39. The van der Waals surface area contributed by atoms with E-state index in [0.717, 1.165) is 30.2 Å². The molecular formula is C22H29N3O5S. The number of aryl methyl sites for hydroxylation is 1. The van der Waals surface area contributed by atoms with Crippen LogP contribution in [0.1, 0.15) is 42.6 Å². The predicted octanol–water partition coefficient (Wildman–Crippen LogP) is 2.33. The van der Waals surface area contributed by atoms with Crippen LogP contribution in [0.2, 0.25) is 0 Å². The van der Waals surface area contributed by atoms with E-state index in [1.165, 1.54) is 0 Å². The van der Waals surface area contributed by atoms with Crippen LogP contribution in [0.15, 0.2) is 29.2 Å². The van der Waals surface area contributed by atoms with E-state index in [1.54, 1.807) is 28.6 Å². The second-order valence-corrected chi connectivity index (χ2v) is 10.6. The number of carbonyl (C=O) groups is 1. The molecular weight excluding hydrogens is 418 g/mol. The summed E-state index contributed by atoms with van der Waals surface area (Å²) in [5.41, 5.74) is 1.41. The van der Waals surface area contributed by atoms with Crippen LogP contribution >= 0.6 is 0 Å². The van der Waals surface area contributed by atoms with Crippen LogP contribution in [0.25, 0.3) is 10.9 Å². The summed E-state index contributed by atoms with van der Waals surface area (Å²) < 4.78 is 41.0. The van der Waals surface area contributed by atoms with E-state index in [1.807, 2.05) is 16.5 Å². The van der Waals surface area contributed by atoms with Gasteiger partial charge in [-0.2, -0.15) is 4.31 Å². The molecule has 0 radical (unpaired) electrons. The predicted molar refractivity (Wildman–Crippen MR) is 115 cm³/mol. The summed E-state index contributed by atoms with van der Waals surface area (Å²) in [6, 6.07) is 6.95. The smallest absolute Gasteiger partial charge is 0.270 e. The number of aromatic nitrogens is 1. The highest BCUT2D eigenvalue weighted by Crippen LogP contribution is 2.32. The number of sulfonamides is 1.